The highest BCUT2D eigenvalue weighted by molar-refractivity contribution is 7.99. The zero-order valence-electron chi connectivity index (χ0n) is 11.2. The van der Waals surface area contributed by atoms with Crippen LogP contribution in [-0.4, -0.2) is 24.8 Å². The molecule has 0 radical (unpaired) electrons. The SMILES string of the molecule is CCCn1c(CO)nnc1Sc1ccc(Cl)cc1[N+](=O)[O-]. The van der Waals surface area contributed by atoms with Gasteiger partial charge in [0.2, 0.25) is 0 Å². The maximum absolute atomic E-state index is 11.1. The number of hydrogen-bond donors (Lipinski definition) is 1. The predicted molar refractivity (Wildman–Crippen MR) is 78.5 cm³/mol. The first-order valence-electron chi connectivity index (χ1n) is 6.21. The van der Waals surface area contributed by atoms with Crippen molar-refractivity contribution >= 4 is 29.1 Å². The van der Waals surface area contributed by atoms with E-state index in [9.17, 15) is 15.2 Å². The molecular formula is C12H13ClN4O3S. The Morgan fingerprint density at radius 2 is 2.24 bits per heavy atom. The van der Waals surface area contributed by atoms with Gasteiger partial charge in [0.25, 0.3) is 5.69 Å². The Morgan fingerprint density at radius 3 is 2.86 bits per heavy atom. The molecule has 0 aliphatic rings. The molecule has 1 N–H and O–H groups in total. The van der Waals surface area contributed by atoms with Gasteiger partial charge in [-0.1, -0.05) is 18.5 Å². The molecule has 0 aliphatic carbocycles. The number of halogens is 1. The van der Waals surface area contributed by atoms with E-state index >= 15 is 0 Å². The summed E-state index contributed by atoms with van der Waals surface area (Å²) in [6.45, 7) is 2.39. The van der Waals surface area contributed by atoms with Crippen molar-refractivity contribution in [3.05, 3.63) is 39.2 Å². The number of nitro groups is 1. The second-order valence-electron chi connectivity index (χ2n) is 4.18. The molecule has 21 heavy (non-hydrogen) atoms. The molecule has 0 unspecified atom stereocenters. The lowest BCUT2D eigenvalue weighted by Crippen LogP contribution is -2.04. The Balaban J connectivity index is 2.38. The Labute approximate surface area is 130 Å². The van der Waals surface area contributed by atoms with Crippen LogP contribution < -0.4 is 0 Å². The maximum Gasteiger partial charge on any atom is 0.284 e. The zero-order chi connectivity index (χ0) is 15.4. The molecule has 2 aromatic rings. The molecule has 1 aromatic carbocycles. The smallest absolute Gasteiger partial charge is 0.284 e. The normalized spacial score (nSPS) is 10.8. The molecule has 0 spiro atoms. The number of rotatable bonds is 6. The van der Waals surface area contributed by atoms with Crippen molar-refractivity contribution in [2.75, 3.05) is 0 Å². The number of aromatic nitrogens is 3. The molecule has 0 aliphatic heterocycles. The molecule has 9 heteroatoms. The molecule has 0 atom stereocenters. The van der Waals surface area contributed by atoms with Crippen molar-refractivity contribution in [1.29, 1.82) is 0 Å². The van der Waals surface area contributed by atoms with Gasteiger partial charge in [-0.3, -0.25) is 10.1 Å². The van der Waals surface area contributed by atoms with E-state index in [-0.39, 0.29) is 12.3 Å². The molecule has 0 bridgehead atoms. The topological polar surface area (TPSA) is 94.1 Å². The van der Waals surface area contributed by atoms with Gasteiger partial charge < -0.3 is 9.67 Å². The first-order chi connectivity index (χ1) is 10.1. The predicted octanol–water partition coefficient (Wildman–Crippen LogP) is 2.89. The summed E-state index contributed by atoms with van der Waals surface area (Å²) in [4.78, 5) is 11.0. The molecule has 0 saturated carbocycles. The van der Waals surface area contributed by atoms with Crippen molar-refractivity contribution in [2.24, 2.45) is 0 Å². The highest BCUT2D eigenvalue weighted by Crippen LogP contribution is 2.35. The number of aliphatic hydroxyl groups excluding tert-OH is 1. The summed E-state index contributed by atoms with van der Waals surface area (Å²) in [5, 5.41) is 29.0. The Hall–Kier alpha value is -1.64. The second kappa shape index (κ2) is 6.88. The monoisotopic (exact) mass is 328 g/mol. The molecule has 1 heterocycles. The van der Waals surface area contributed by atoms with Gasteiger partial charge in [-0.15, -0.1) is 10.2 Å². The fraction of sp³-hybridized carbons (Fsp3) is 0.333. The molecule has 1 aromatic heterocycles. The van der Waals surface area contributed by atoms with Crippen LogP contribution in [0.25, 0.3) is 0 Å². The first-order valence-corrected chi connectivity index (χ1v) is 7.41. The maximum atomic E-state index is 11.1. The number of nitro benzene ring substituents is 1. The van der Waals surface area contributed by atoms with Gasteiger partial charge in [-0.25, -0.2) is 0 Å². The third-order valence-electron chi connectivity index (χ3n) is 2.70. The van der Waals surface area contributed by atoms with E-state index in [2.05, 4.69) is 10.2 Å². The van der Waals surface area contributed by atoms with Crippen LogP contribution in [0.3, 0.4) is 0 Å². The number of nitrogens with zero attached hydrogens (tertiary/aromatic N) is 4. The quantitative estimate of drug-likeness (QED) is 0.647. The van der Waals surface area contributed by atoms with Crippen molar-refractivity contribution in [2.45, 2.75) is 36.5 Å². The number of aliphatic hydroxyl groups is 1. The lowest BCUT2D eigenvalue weighted by molar-refractivity contribution is -0.387. The summed E-state index contributed by atoms with van der Waals surface area (Å²) in [5.74, 6) is 0.441. The van der Waals surface area contributed by atoms with E-state index in [0.29, 0.717) is 27.4 Å². The van der Waals surface area contributed by atoms with Crippen molar-refractivity contribution in [1.82, 2.24) is 14.8 Å². The van der Waals surface area contributed by atoms with Crippen LogP contribution in [0.4, 0.5) is 5.69 Å². The second-order valence-corrected chi connectivity index (χ2v) is 5.63. The fourth-order valence-electron chi connectivity index (χ4n) is 1.78. The average Bonchev–Trinajstić information content (AvgIpc) is 2.83. The van der Waals surface area contributed by atoms with Crippen LogP contribution in [0.2, 0.25) is 5.02 Å². The summed E-state index contributed by atoms with van der Waals surface area (Å²) in [7, 11) is 0. The van der Waals surface area contributed by atoms with Crippen LogP contribution in [-0.2, 0) is 13.2 Å². The summed E-state index contributed by atoms with van der Waals surface area (Å²) in [5.41, 5.74) is -0.0795. The molecule has 2 rings (SSSR count). The molecule has 0 fully saturated rings. The van der Waals surface area contributed by atoms with Crippen molar-refractivity contribution < 1.29 is 10.0 Å². The van der Waals surface area contributed by atoms with Gasteiger partial charge >= 0.3 is 0 Å². The average molecular weight is 329 g/mol. The largest absolute Gasteiger partial charge is 0.388 e. The fourth-order valence-corrected chi connectivity index (χ4v) is 2.90. The minimum absolute atomic E-state index is 0.0795. The lowest BCUT2D eigenvalue weighted by atomic mass is 10.3. The van der Waals surface area contributed by atoms with Gasteiger partial charge in [0, 0.05) is 17.6 Å². The number of hydrogen-bond acceptors (Lipinski definition) is 6. The van der Waals surface area contributed by atoms with Crippen LogP contribution in [0.5, 0.6) is 0 Å². The summed E-state index contributed by atoms with van der Waals surface area (Å²) < 4.78 is 1.75. The van der Waals surface area contributed by atoms with E-state index < -0.39 is 4.92 Å². The third-order valence-corrected chi connectivity index (χ3v) is 3.99. The summed E-state index contributed by atoms with van der Waals surface area (Å²) in [6, 6.07) is 4.47. The molecular weight excluding hydrogens is 316 g/mol. The molecule has 112 valence electrons. The van der Waals surface area contributed by atoms with E-state index in [1.54, 1.807) is 16.7 Å². The number of benzene rings is 1. The van der Waals surface area contributed by atoms with Gasteiger partial charge in [-0.2, -0.15) is 0 Å². The van der Waals surface area contributed by atoms with Crippen molar-refractivity contribution in [3.8, 4) is 0 Å². The lowest BCUT2D eigenvalue weighted by Gasteiger charge is -2.07. The molecule has 0 saturated heterocycles. The van der Waals surface area contributed by atoms with Crippen LogP contribution in [0, 0.1) is 10.1 Å². The molecule has 0 amide bonds. The zero-order valence-corrected chi connectivity index (χ0v) is 12.8. The van der Waals surface area contributed by atoms with Gasteiger partial charge in [0.1, 0.15) is 6.61 Å². The summed E-state index contributed by atoms with van der Waals surface area (Å²) in [6.07, 6.45) is 0.835. The Kier molecular flexibility index (Phi) is 5.16. The van der Waals surface area contributed by atoms with E-state index in [1.807, 2.05) is 6.92 Å². The highest BCUT2D eigenvalue weighted by Gasteiger charge is 2.19. The van der Waals surface area contributed by atoms with Crippen LogP contribution in [0.15, 0.2) is 28.3 Å². The van der Waals surface area contributed by atoms with Gasteiger partial charge in [0.05, 0.1) is 9.82 Å². The highest BCUT2D eigenvalue weighted by atomic mass is 35.5. The first kappa shape index (κ1) is 15.7. The minimum Gasteiger partial charge on any atom is -0.388 e. The standard InChI is InChI=1S/C12H13ClN4O3S/c1-2-5-16-11(7-18)14-15-12(16)21-10-4-3-8(13)6-9(10)17(19)20/h3-4,6,18H,2,5,7H2,1H3. The van der Waals surface area contributed by atoms with Crippen molar-refractivity contribution in [3.63, 3.8) is 0 Å². The van der Waals surface area contributed by atoms with Crippen LogP contribution in [0.1, 0.15) is 19.2 Å². The summed E-state index contributed by atoms with van der Waals surface area (Å²) >= 11 is 6.92. The Morgan fingerprint density at radius 1 is 1.48 bits per heavy atom. The molecule has 7 nitrogen and oxygen atoms in total. The third kappa shape index (κ3) is 3.52. The van der Waals surface area contributed by atoms with Gasteiger partial charge in [-0.05, 0) is 30.3 Å². The van der Waals surface area contributed by atoms with E-state index in [4.69, 9.17) is 11.6 Å². The minimum atomic E-state index is -0.484. The van der Waals surface area contributed by atoms with Crippen LogP contribution >= 0.6 is 23.4 Å². The van der Waals surface area contributed by atoms with E-state index in [0.717, 1.165) is 18.2 Å². The van der Waals surface area contributed by atoms with E-state index in [1.165, 1.54) is 6.07 Å². The van der Waals surface area contributed by atoms with Gasteiger partial charge in [0.15, 0.2) is 11.0 Å². The Bertz CT molecular complexity index is 662.